The molecule has 0 radical (unpaired) electrons. The second-order valence-corrected chi connectivity index (χ2v) is 5.01. The molecule has 0 fully saturated rings. The SMILES string of the molecule is CCC(C)N(Cc1ccccc1)C(=O)c1cc(C)no1. The van der Waals surface area contributed by atoms with Crippen molar-refractivity contribution in [3.8, 4) is 0 Å². The van der Waals surface area contributed by atoms with E-state index in [1.165, 1.54) is 0 Å². The number of nitrogens with zero attached hydrogens (tertiary/aromatic N) is 2. The molecule has 4 heteroatoms. The summed E-state index contributed by atoms with van der Waals surface area (Å²) in [5.74, 6) is 0.197. The monoisotopic (exact) mass is 272 g/mol. The fourth-order valence-electron chi connectivity index (χ4n) is 2.03. The molecule has 0 bridgehead atoms. The Bertz CT molecular complexity index is 563. The number of carbonyl (C=O) groups is 1. The Morgan fingerprint density at radius 1 is 1.35 bits per heavy atom. The van der Waals surface area contributed by atoms with Gasteiger partial charge < -0.3 is 9.42 Å². The maximum atomic E-state index is 12.6. The standard InChI is InChI=1S/C16H20N2O2/c1-4-13(3)18(11-14-8-6-5-7-9-14)16(19)15-10-12(2)17-20-15/h5-10,13H,4,11H2,1-3H3. The third-order valence-electron chi connectivity index (χ3n) is 3.42. The number of carbonyl (C=O) groups excluding carboxylic acids is 1. The van der Waals surface area contributed by atoms with Crippen LogP contribution in [0, 0.1) is 6.92 Å². The van der Waals surface area contributed by atoms with Gasteiger partial charge in [-0.25, -0.2) is 0 Å². The van der Waals surface area contributed by atoms with E-state index in [9.17, 15) is 4.79 Å². The largest absolute Gasteiger partial charge is 0.351 e. The van der Waals surface area contributed by atoms with Gasteiger partial charge >= 0.3 is 0 Å². The smallest absolute Gasteiger partial charge is 0.293 e. The quantitative estimate of drug-likeness (QED) is 0.837. The van der Waals surface area contributed by atoms with Crippen LogP contribution in [0.2, 0.25) is 0 Å². The maximum Gasteiger partial charge on any atom is 0.293 e. The first kappa shape index (κ1) is 14.3. The molecular weight excluding hydrogens is 252 g/mol. The first-order valence-electron chi connectivity index (χ1n) is 6.90. The minimum absolute atomic E-state index is 0.108. The summed E-state index contributed by atoms with van der Waals surface area (Å²) in [6, 6.07) is 11.8. The fraction of sp³-hybridized carbons (Fsp3) is 0.375. The highest BCUT2D eigenvalue weighted by atomic mass is 16.5. The highest BCUT2D eigenvalue weighted by molar-refractivity contribution is 5.91. The zero-order valence-electron chi connectivity index (χ0n) is 12.2. The van der Waals surface area contributed by atoms with Crippen molar-refractivity contribution < 1.29 is 9.32 Å². The molecule has 1 aromatic heterocycles. The number of benzene rings is 1. The van der Waals surface area contributed by atoms with Crippen LogP contribution in [0.25, 0.3) is 0 Å². The number of hydrogen-bond acceptors (Lipinski definition) is 3. The van der Waals surface area contributed by atoms with E-state index in [0.29, 0.717) is 12.3 Å². The van der Waals surface area contributed by atoms with Crippen LogP contribution in [-0.4, -0.2) is 22.0 Å². The van der Waals surface area contributed by atoms with Crippen molar-refractivity contribution in [2.45, 2.75) is 39.8 Å². The first-order chi connectivity index (χ1) is 9.61. The predicted molar refractivity (Wildman–Crippen MR) is 77.3 cm³/mol. The Morgan fingerprint density at radius 2 is 2.05 bits per heavy atom. The summed E-state index contributed by atoms with van der Waals surface area (Å²) in [7, 11) is 0. The molecule has 1 aromatic carbocycles. The molecule has 4 nitrogen and oxygen atoms in total. The Labute approximate surface area is 119 Å². The van der Waals surface area contributed by atoms with Crippen LogP contribution in [0.3, 0.4) is 0 Å². The average molecular weight is 272 g/mol. The molecule has 20 heavy (non-hydrogen) atoms. The van der Waals surface area contributed by atoms with Crippen LogP contribution in [0.1, 0.15) is 42.1 Å². The van der Waals surface area contributed by atoms with Crippen LogP contribution < -0.4 is 0 Å². The van der Waals surface area contributed by atoms with Gasteiger partial charge in [0.2, 0.25) is 5.76 Å². The van der Waals surface area contributed by atoms with E-state index in [1.807, 2.05) is 49.1 Å². The van der Waals surface area contributed by atoms with E-state index in [2.05, 4.69) is 12.1 Å². The molecule has 0 aliphatic heterocycles. The van der Waals surface area contributed by atoms with Crippen molar-refractivity contribution in [2.75, 3.05) is 0 Å². The van der Waals surface area contributed by atoms with E-state index in [0.717, 1.165) is 17.7 Å². The van der Waals surface area contributed by atoms with E-state index in [-0.39, 0.29) is 11.9 Å². The summed E-state index contributed by atoms with van der Waals surface area (Å²) in [4.78, 5) is 14.4. The Morgan fingerprint density at radius 3 is 2.60 bits per heavy atom. The van der Waals surface area contributed by atoms with Crippen LogP contribution in [0.5, 0.6) is 0 Å². The van der Waals surface area contributed by atoms with E-state index in [1.54, 1.807) is 6.07 Å². The van der Waals surface area contributed by atoms with Crippen molar-refractivity contribution >= 4 is 5.91 Å². The number of amides is 1. The Hall–Kier alpha value is -2.10. The zero-order chi connectivity index (χ0) is 14.5. The molecule has 0 N–H and O–H groups in total. The topological polar surface area (TPSA) is 46.3 Å². The lowest BCUT2D eigenvalue weighted by molar-refractivity contribution is 0.0629. The van der Waals surface area contributed by atoms with Gasteiger partial charge in [-0.15, -0.1) is 0 Å². The van der Waals surface area contributed by atoms with Crippen molar-refractivity contribution in [1.82, 2.24) is 10.1 Å². The molecule has 1 amide bonds. The second-order valence-electron chi connectivity index (χ2n) is 5.01. The normalized spacial score (nSPS) is 12.2. The lowest BCUT2D eigenvalue weighted by atomic mass is 10.1. The molecule has 0 saturated heterocycles. The number of aryl methyl sites for hydroxylation is 1. The lowest BCUT2D eigenvalue weighted by Crippen LogP contribution is -2.37. The highest BCUT2D eigenvalue weighted by Crippen LogP contribution is 2.15. The van der Waals surface area contributed by atoms with E-state index in [4.69, 9.17) is 4.52 Å². The summed E-state index contributed by atoms with van der Waals surface area (Å²) in [5, 5.41) is 3.79. The van der Waals surface area contributed by atoms with Gasteiger partial charge in [-0.2, -0.15) is 0 Å². The maximum absolute atomic E-state index is 12.6. The van der Waals surface area contributed by atoms with Gasteiger partial charge in [0.15, 0.2) is 0 Å². The highest BCUT2D eigenvalue weighted by Gasteiger charge is 2.23. The van der Waals surface area contributed by atoms with Gasteiger partial charge in [0.05, 0.1) is 5.69 Å². The molecule has 1 unspecified atom stereocenters. The van der Waals surface area contributed by atoms with Gasteiger partial charge in [-0.1, -0.05) is 42.4 Å². The lowest BCUT2D eigenvalue weighted by Gasteiger charge is -2.27. The molecule has 0 aliphatic carbocycles. The third-order valence-corrected chi connectivity index (χ3v) is 3.42. The summed E-state index contributed by atoms with van der Waals surface area (Å²) in [6.07, 6.45) is 0.895. The second kappa shape index (κ2) is 6.37. The Balaban J connectivity index is 2.21. The van der Waals surface area contributed by atoms with Gasteiger partial charge in [0, 0.05) is 18.7 Å². The zero-order valence-corrected chi connectivity index (χ0v) is 12.2. The molecule has 0 spiro atoms. The minimum atomic E-state index is -0.108. The summed E-state index contributed by atoms with van der Waals surface area (Å²) in [5.41, 5.74) is 1.83. The minimum Gasteiger partial charge on any atom is -0.351 e. The van der Waals surface area contributed by atoms with Crippen LogP contribution >= 0.6 is 0 Å². The summed E-state index contributed by atoms with van der Waals surface area (Å²) >= 11 is 0. The molecule has 0 saturated carbocycles. The van der Waals surface area contributed by atoms with Crippen LogP contribution in [-0.2, 0) is 6.54 Å². The Kier molecular flexibility index (Phi) is 4.56. The van der Waals surface area contributed by atoms with E-state index < -0.39 is 0 Å². The van der Waals surface area contributed by atoms with Gasteiger partial charge in [0.25, 0.3) is 5.91 Å². The molecular formula is C16H20N2O2. The molecule has 2 aromatic rings. The fourth-order valence-corrected chi connectivity index (χ4v) is 2.03. The van der Waals surface area contributed by atoms with Crippen molar-refractivity contribution in [2.24, 2.45) is 0 Å². The number of aromatic nitrogens is 1. The van der Waals surface area contributed by atoms with Gasteiger partial charge in [-0.3, -0.25) is 4.79 Å². The predicted octanol–water partition coefficient (Wildman–Crippen LogP) is 3.42. The molecule has 0 aliphatic rings. The average Bonchev–Trinajstić information content (AvgIpc) is 2.91. The molecule has 106 valence electrons. The number of hydrogen-bond donors (Lipinski definition) is 0. The summed E-state index contributed by atoms with van der Waals surface area (Å²) in [6.45, 7) is 6.51. The van der Waals surface area contributed by atoms with Crippen LogP contribution in [0.15, 0.2) is 40.9 Å². The van der Waals surface area contributed by atoms with Crippen molar-refractivity contribution in [1.29, 1.82) is 0 Å². The molecule has 2 rings (SSSR count). The van der Waals surface area contributed by atoms with Gasteiger partial charge in [-0.05, 0) is 25.8 Å². The number of rotatable bonds is 5. The van der Waals surface area contributed by atoms with E-state index >= 15 is 0 Å². The van der Waals surface area contributed by atoms with Crippen molar-refractivity contribution in [3.63, 3.8) is 0 Å². The molecule has 1 heterocycles. The first-order valence-corrected chi connectivity index (χ1v) is 6.90. The van der Waals surface area contributed by atoms with Gasteiger partial charge in [0.1, 0.15) is 0 Å². The third kappa shape index (κ3) is 3.26. The van der Waals surface area contributed by atoms with Crippen LogP contribution in [0.4, 0.5) is 0 Å². The van der Waals surface area contributed by atoms with Crippen molar-refractivity contribution in [3.05, 3.63) is 53.4 Å². The molecule has 1 atom stereocenters. The summed E-state index contributed by atoms with van der Waals surface area (Å²) < 4.78 is 5.10.